The number of H-pyrrole nitrogens is 1. The summed E-state index contributed by atoms with van der Waals surface area (Å²) in [5.41, 5.74) is 0.0907. The maximum absolute atomic E-state index is 14.8. The molecule has 2 aromatic rings. The van der Waals surface area contributed by atoms with E-state index in [1.165, 1.54) is 12.1 Å². The molecular formula is C17H17F7N4O2. The first kappa shape index (κ1) is 22.1. The fourth-order valence-electron chi connectivity index (χ4n) is 2.92. The number of aromatic nitrogens is 2. The number of carbonyl (C=O) groups is 1. The molecule has 0 spiro atoms. The molecule has 2 N–H and O–H groups in total. The van der Waals surface area contributed by atoms with Gasteiger partial charge < -0.3 is 19.9 Å². The Morgan fingerprint density at radius 3 is 2.57 bits per heavy atom. The van der Waals surface area contributed by atoms with Crippen LogP contribution in [0.15, 0.2) is 12.1 Å². The molecular weight excluding hydrogens is 425 g/mol. The lowest BCUT2D eigenvalue weighted by molar-refractivity contribution is -0.213. The van der Waals surface area contributed by atoms with Gasteiger partial charge in [-0.1, -0.05) is 6.07 Å². The van der Waals surface area contributed by atoms with Gasteiger partial charge in [-0.05, 0) is 13.0 Å². The molecule has 166 valence electrons. The van der Waals surface area contributed by atoms with Crippen molar-refractivity contribution in [2.24, 2.45) is 0 Å². The largest absolute Gasteiger partial charge is 0.414 e. The van der Waals surface area contributed by atoms with E-state index in [0.29, 0.717) is 0 Å². The van der Waals surface area contributed by atoms with Crippen molar-refractivity contribution in [1.82, 2.24) is 20.2 Å². The van der Waals surface area contributed by atoms with E-state index in [0.717, 1.165) is 11.8 Å². The molecule has 3 rings (SSSR count). The quantitative estimate of drug-likeness (QED) is 0.671. The molecule has 1 aromatic carbocycles. The molecule has 1 fully saturated rings. The lowest BCUT2D eigenvalue weighted by atomic mass is 10.1. The average Bonchev–Trinajstić information content (AvgIpc) is 3.20. The summed E-state index contributed by atoms with van der Waals surface area (Å²) in [5, 5.41) is 1.79. The van der Waals surface area contributed by atoms with E-state index in [1.807, 2.05) is 0 Å². The Labute approximate surface area is 165 Å². The number of benzene rings is 1. The van der Waals surface area contributed by atoms with Crippen LogP contribution in [0.5, 0.6) is 0 Å². The minimum Gasteiger partial charge on any atom is -0.369 e. The molecule has 2 heterocycles. The zero-order chi connectivity index (χ0) is 22.3. The van der Waals surface area contributed by atoms with E-state index in [-0.39, 0.29) is 35.4 Å². The minimum atomic E-state index is -4.62. The number of alkyl halides is 6. The van der Waals surface area contributed by atoms with Crippen LogP contribution >= 0.6 is 0 Å². The summed E-state index contributed by atoms with van der Waals surface area (Å²) in [6.07, 6.45) is -11.1. The van der Waals surface area contributed by atoms with Gasteiger partial charge in [0.15, 0.2) is 11.9 Å². The smallest absolute Gasteiger partial charge is 0.369 e. The van der Waals surface area contributed by atoms with Crippen LogP contribution in [0.1, 0.15) is 18.3 Å². The molecule has 0 aliphatic carbocycles. The first-order chi connectivity index (χ1) is 13.9. The van der Waals surface area contributed by atoms with E-state index >= 15 is 0 Å². The summed E-state index contributed by atoms with van der Waals surface area (Å²) in [5.74, 6) is -0.644. The number of halogens is 7. The standard InChI is InChI=1S/C17H17F7N4O2/c1-8(16(19,20)21)30-5-4-12-25-10-3-2-9(13(18)14(10)27-12)6-28-7-11(17(22,23)24)26-15(28)29/h2-3,8,11H,4-7H2,1H3,(H,25,27)(H,26,29). The zero-order valence-electron chi connectivity index (χ0n) is 15.5. The van der Waals surface area contributed by atoms with Gasteiger partial charge in [0.1, 0.15) is 17.4 Å². The van der Waals surface area contributed by atoms with Crippen molar-refractivity contribution in [3.8, 4) is 0 Å². The predicted octanol–water partition coefficient (Wildman–Crippen LogP) is 3.67. The second kappa shape index (κ2) is 7.93. The van der Waals surface area contributed by atoms with Crippen LogP contribution in [0.2, 0.25) is 0 Å². The van der Waals surface area contributed by atoms with Crippen molar-refractivity contribution in [1.29, 1.82) is 0 Å². The number of aromatic amines is 1. The third-order valence-electron chi connectivity index (χ3n) is 4.63. The number of hydrogen-bond acceptors (Lipinski definition) is 3. The SMILES string of the molecule is CC(OCCc1nc2c(F)c(CN3CC(C(F)(F)F)NC3=O)ccc2[nH]1)C(F)(F)F. The number of ether oxygens (including phenoxy) is 1. The van der Waals surface area contributed by atoms with Gasteiger partial charge in [0.05, 0.1) is 25.2 Å². The highest BCUT2D eigenvalue weighted by atomic mass is 19.4. The molecule has 0 bridgehead atoms. The Balaban J connectivity index is 1.68. The molecule has 1 aromatic heterocycles. The third-order valence-corrected chi connectivity index (χ3v) is 4.63. The molecule has 1 saturated heterocycles. The number of hydrogen-bond donors (Lipinski definition) is 2. The van der Waals surface area contributed by atoms with Crippen LogP contribution in [0, 0.1) is 5.82 Å². The monoisotopic (exact) mass is 442 g/mol. The molecule has 1 aliphatic heterocycles. The Hall–Kier alpha value is -2.57. The van der Waals surface area contributed by atoms with Crippen LogP contribution in [0.4, 0.5) is 35.5 Å². The highest BCUT2D eigenvalue weighted by Gasteiger charge is 2.46. The average molecular weight is 442 g/mol. The van der Waals surface area contributed by atoms with Gasteiger partial charge in [0.2, 0.25) is 0 Å². The first-order valence-electron chi connectivity index (χ1n) is 8.82. The molecule has 2 unspecified atom stereocenters. The zero-order valence-corrected chi connectivity index (χ0v) is 15.5. The van der Waals surface area contributed by atoms with Gasteiger partial charge in [-0.25, -0.2) is 14.2 Å². The number of nitrogens with zero attached hydrogens (tertiary/aromatic N) is 2. The van der Waals surface area contributed by atoms with E-state index in [2.05, 4.69) is 14.7 Å². The molecule has 2 amide bonds. The topological polar surface area (TPSA) is 70.2 Å². The fraction of sp³-hybridized carbons (Fsp3) is 0.529. The molecule has 6 nitrogen and oxygen atoms in total. The van der Waals surface area contributed by atoms with Crippen LogP contribution < -0.4 is 5.32 Å². The lowest BCUT2D eigenvalue weighted by Crippen LogP contribution is -2.40. The van der Waals surface area contributed by atoms with Gasteiger partial charge in [-0.2, -0.15) is 26.3 Å². The summed E-state index contributed by atoms with van der Waals surface area (Å²) in [6.45, 7) is -0.487. The predicted molar refractivity (Wildman–Crippen MR) is 90.0 cm³/mol. The van der Waals surface area contributed by atoms with E-state index < -0.39 is 49.4 Å². The second-order valence-electron chi connectivity index (χ2n) is 6.85. The second-order valence-corrected chi connectivity index (χ2v) is 6.85. The fourth-order valence-corrected chi connectivity index (χ4v) is 2.92. The maximum Gasteiger partial charge on any atom is 0.414 e. The summed E-state index contributed by atoms with van der Waals surface area (Å²) < 4.78 is 95.0. The summed E-state index contributed by atoms with van der Waals surface area (Å²) >= 11 is 0. The lowest BCUT2D eigenvalue weighted by Gasteiger charge is -2.16. The van der Waals surface area contributed by atoms with Crippen LogP contribution in [0.25, 0.3) is 11.0 Å². The van der Waals surface area contributed by atoms with Crippen LogP contribution in [-0.4, -0.2) is 58.5 Å². The van der Waals surface area contributed by atoms with Crippen molar-refractivity contribution in [2.45, 2.75) is 44.4 Å². The molecule has 1 aliphatic rings. The summed E-state index contributed by atoms with van der Waals surface area (Å²) in [4.78, 5) is 19.3. The molecule has 0 radical (unpaired) electrons. The van der Waals surface area contributed by atoms with Gasteiger partial charge in [-0.3, -0.25) is 0 Å². The number of amides is 2. The van der Waals surface area contributed by atoms with E-state index in [4.69, 9.17) is 0 Å². The Kier molecular flexibility index (Phi) is 5.85. The molecule has 30 heavy (non-hydrogen) atoms. The normalized spacial score (nSPS) is 18.9. The summed E-state index contributed by atoms with van der Waals surface area (Å²) in [7, 11) is 0. The van der Waals surface area contributed by atoms with Crippen molar-refractivity contribution in [3.05, 3.63) is 29.3 Å². The number of imidazole rings is 1. The minimum absolute atomic E-state index is 0.0360. The highest BCUT2D eigenvalue weighted by molar-refractivity contribution is 5.79. The number of urea groups is 1. The number of rotatable bonds is 6. The van der Waals surface area contributed by atoms with Gasteiger partial charge in [0, 0.05) is 12.0 Å². The van der Waals surface area contributed by atoms with Crippen molar-refractivity contribution < 1.29 is 40.3 Å². The number of nitrogens with one attached hydrogen (secondary N) is 2. The Morgan fingerprint density at radius 1 is 1.27 bits per heavy atom. The first-order valence-corrected chi connectivity index (χ1v) is 8.82. The van der Waals surface area contributed by atoms with E-state index in [9.17, 15) is 35.5 Å². The van der Waals surface area contributed by atoms with Crippen LogP contribution in [0.3, 0.4) is 0 Å². The Morgan fingerprint density at radius 2 is 1.97 bits per heavy atom. The Bertz CT molecular complexity index is 925. The molecule has 2 atom stereocenters. The number of carbonyl (C=O) groups excluding carboxylic acids is 1. The third kappa shape index (κ3) is 4.77. The van der Waals surface area contributed by atoms with Gasteiger partial charge in [-0.15, -0.1) is 0 Å². The number of fused-ring (bicyclic) bond motifs is 1. The van der Waals surface area contributed by atoms with Crippen molar-refractivity contribution in [3.63, 3.8) is 0 Å². The summed E-state index contributed by atoms with van der Waals surface area (Å²) in [6, 6.07) is -0.266. The van der Waals surface area contributed by atoms with Crippen molar-refractivity contribution >= 4 is 17.1 Å². The van der Waals surface area contributed by atoms with E-state index in [1.54, 1.807) is 5.32 Å². The van der Waals surface area contributed by atoms with Crippen molar-refractivity contribution in [2.75, 3.05) is 13.2 Å². The molecule has 13 heteroatoms. The van der Waals surface area contributed by atoms with Gasteiger partial charge in [0.25, 0.3) is 0 Å². The maximum atomic E-state index is 14.8. The van der Waals surface area contributed by atoms with Gasteiger partial charge >= 0.3 is 18.4 Å². The molecule has 0 saturated carbocycles. The highest BCUT2D eigenvalue weighted by Crippen LogP contribution is 2.27. The van der Waals surface area contributed by atoms with Crippen LogP contribution in [-0.2, 0) is 17.7 Å².